The first-order chi connectivity index (χ1) is 12.2. The number of carbonyl (C=O) groups excluding carboxylic acids is 1. The van der Waals surface area contributed by atoms with E-state index in [-0.39, 0.29) is 12.0 Å². The molecule has 0 fully saturated rings. The summed E-state index contributed by atoms with van der Waals surface area (Å²) in [5.41, 5.74) is 1.19. The molecule has 0 unspecified atom stereocenters. The minimum absolute atomic E-state index is 0.0233. The number of ether oxygens (including phenoxy) is 1. The van der Waals surface area contributed by atoms with E-state index in [9.17, 15) is 4.79 Å². The number of amides is 1. The van der Waals surface area contributed by atoms with Crippen LogP contribution in [0.4, 0.5) is 0 Å². The van der Waals surface area contributed by atoms with Gasteiger partial charge in [-0.3, -0.25) is 9.48 Å². The summed E-state index contributed by atoms with van der Waals surface area (Å²) in [7, 11) is 1.77. The van der Waals surface area contributed by atoms with Crippen LogP contribution in [0.25, 0.3) is 0 Å². The number of nitrogens with zero attached hydrogens (tertiary/aromatic N) is 3. The Morgan fingerprint density at radius 3 is 2.96 bits per heavy atom. The maximum Gasteiger partial charge on any atom is 0.289 e. The van der Waals surface area contributed by atoms with Crippen LogP contribution in [0, 0.1) is 0 Å². The lowest BCUT2D eigenvalue weighted by atomic mass is 10.1. The maximum absolute atomic E-state index is 12.6. The summed E-state index contributed by atoms with van der Waals surface area (Å²) in [4.78, 5) is 14.2. The first-order valence-electron chi connectivity index (χ1n) is 8.25. The lowest BCUT2D eigenvalue weighted by Gasteiger charge is -2.20. The molecule has 0 spiro atoms. The maximum atomic E-state index is 12.6. The average molecular weight is 337 g/mol. The highest BCUT2D eigenvalue weighted by Crippen LogP contribution is 2.28. The van der Waals surface area contributed by atoms with Gasteiger partial charge in [-0.05, 0) is 29.8 Å². The van der Waals surface area contributed by atoms with Crippen LogP contribution in [-0.2, 0) is 13.0 Å². The van der Waals surface area contributed by atoms with Crippen molar-refractivity contribution in [1.82, 2.24) is 14.7 Å². The highest BCUT2D eigenvalue weighted by atomic mass is 16.5. The lowest BCUT2D eigenvalue weighted by Crippen LogP contribution is -2.36. The molecule has 1 aromatic carbocycles. The van der Waals surface area contributed by atoms with E-state index in [1.54, 1.807) is 28.9 Å². The first kappa shape index (κ1) is 15.5. The van der Waals surface area contributed by atoms with Gasteiger partial charge in [0, 0.05) is 25.9 Å². The molecule has 25 heavy (non-hydrogen) atoms. The number of hydrogen-bond acceptors (Lipinski definition) is 4. The Morgan fingerprint density at radius 2 is 2.16 bits per heavy atom. The van der Waals surface area contributed by atoms with Crippen molar-refractivity contribution in [2.24, 2.45) is 0 Å². The Morgan fingerprint density at radius 1 is 1.28 bits per heavy atom. The molecular weight excluding hydrogens is 318 g/mol. The zero-order valence-corrected chi connectivity index (χ0v) is 14.0. The summed E-state index contributed by atoms with van der Waals surface area (Å²) in [6.07, 6.45) is 4.36. The fraction of sp³-hybridized carbons (Fsp3) is 0.263. The van der Waals surface area contributed by atoms with Crippen molar-refractivity contribution in [2.45, 2.75) is 19.1 Å². The zero-order valence-electron chi connectivity index (χ0n) is 14.0. The number of likely N-dealkylation sites (N-methyl/N-ethyl adjacent to an activating group) is 1. The molecule has 0 N–H and O–H groups in total. The van der Waals surface area contributed by atoms with Crippen LogP contribution in [0.2, 0.25) is 0 Å². The summed E-state index contributed by atoms with van der Waals surface area (Å²) < 4.78 is 13.3. The van der Waals surface area contributed by atoms with E-state index in [0.717, 1.165) is 12.2 Å². The van der Waals surface area contributed by atoms with E-state index in [0.29, 0.717) is 24.6 Å². The third-order valence-corrected chi connectivity index (χ3v) is 4.29. The molecule has 0 aliphatic carbocycles. The van der Waals surface area contributed by atoms with Crippen LogP contribution in [0.5, 0.6) is 5.75 Å². The van der Waals surface area contributed by atoms with Gasteiger partial charge in [0.1, 0.15) is 17.6 Å². The summed E-state index contributed by atoms with van der Waals surface area (Å²) in [5.74, 6) is 1.80. The summed E-state index contributed by atoms with van der Waals surface area (Å²) in [6.45, 7) is 1.02. The topological polar surface area (TPSA) is 60.5 Å². The van der Waals surface area contributed by atoms with Crippen LogP contribution < -0.4 is 4.74 Å². The third-order valence-electron chi connectivity index (χ3n) is 4.29. The summed E-state index contributed by atoms with van der Waals surface area (Å²) in [6, 6.07) is 13.4. The van der Waals surface area contributed by atoms with Crippen molar-refractivity contribution in [3.63, 3.8) is 0 Å². The van der Waals surface area contributed by atoms with Crippen molar-refractivity contribution < 1.29 is 13.9 Å². The van der Waals surface area contributed by atoms with E-state index >= 15 is 0 Å². The molecule has 1 atom stereocenters. The average Bonchev–Trinajstić information content (AvgIpc) is 3.34. The molecule has 1 amide bonds. The van der Waals surface area contributed by atoms with Crippen LogP contribution in [0.1, 0.15) is 21.9 Å². The Bertz CT molecular complexity index is 845. The molecule has 6 nitrogen and oxygen atoms in total. The van der Waals surface area contributed by atoms with Gasteiger partial charge in [-0.2, -0.15) is 5.10 Å². The van der Waals surface area contributed by atoms with E-state index in [1.165, 1.54) is 5.56 Å². The molecule has 1 aliphatic heterocycles. The standard InChI is InChI=1S/C19H19N3O3/c1-21(12-16-11-14-5-2-3-6-17(14)25-16)19(23)18-8-7-15(24-18)13-22-10-4-9-20-22/h2-10,16H,11-13H2,1H3/t16-/m1/s1. The van der Waals surface area contributed by atoms with Crippen LogP contribution in [0.15, 0.2) is 59.3 Å². The second-order valence-electron chi connectivity index (χ2n) is 6.21. The Balaban J connectivity index is 1.37. The third kappa shape index (κ3) is 3.28. The molecule has 2 aromatic heterocycles. The minimum atomic E-state index is -0.147. The smallest absolute Gasteiger partial charge is 0.289 e. The number of aromatic nitrogens is 2. The van der Waals surface area contributed by atoms with Gasteiger partial charge in [-0.1, -0.05) is 18.2 Å². The van der Waals surface area contributed by atoms with Crippen molar-refractivity contribution in [1.29, 1.82) is 0 Å². The molecule has 0 bridgehead atoms. The second-order valence-corrected chi connectivity index (χ2v) is 6.21. The highest BCUT2D eigenvalue weighted by molar-refractivity contribution is 5.91. The molecule has 0 saturated heterocycles. The largest absolute Gasteiger partial charge is 0.488 e. The number of hydrogen-bond donors (Lipinski definition) is 0. The summed E-state index contributed by atoms with van der Waals surface area (Å²) in [5, 5.41) is 4.13. The predicted molar refractivity (Wildman–Crippen MR) is 91.6 cm³/mol. The molecule has 4 rings (SSSR count). The van der Waals surface area contributed by atoms with Crippen molar-refractivity contribution in [3.05, 3.63) is 71.9 Å². The Hall–Kier alpha value is -3.02. The van der Waals surface area contributed by atoms with Gasteiger partial charge in [0.25, 0.3) is 5.91 Å². The van der Waals surface area contributed by atoms with Gasteiger partial charge in [0.15, 0.2) is 5.76 Å². The highest BCUT2D eigenvalue weighted by Gasteiger charge is 2.26. The number of rotatable bonds is 5. The molecule has 3 heterocycles. The van der Waals surface area contributed by atoms with E-state index < -0.39 is 0 Å². The quantitative estimate of drug-likeness (QED) is 0.718. The monoisotopic (exact) mass is 337 g/mol. The van der Waals surface area contributed by atoms with Gasteiger partial charge in [0.05, 0.1) is 13.1 Å². The van der Waals surface area contributed by atoms with Crippen molar-refractivity contribution >= 4 is 5.91 Å². The first-order valence-corrected chi connectivity index (χ1v) is 8.25. The number of para-hydroxylation sites is 1. The van der Waals surface area contributed by atoms with Gasteiger partial charge in [0.2, 0.25) is 0 Å². The number of benzene rings is 1. The zero-order chi connectivity index (χ0) is 17.2. The van der Waals surface area contributed by atoms with Crippen LogP contribution in [0.3, 0.4) is 0 Å². The van der Waals surface area contributed by atoms with Crippen molar-refractivity contribution in [3.8, 4) is 5.75 Å². The molecule has 1 aliphatic rings. The number of furan rings is 1. The number of fused-ring (bicyclic) bond motifs is 1. The molecule has 0 saturated carbocycles. The van der Waals surface area contributed by atoms with E-state index in [4.69, 9.17) is 9.15 Å². The molecule has 6 heteroatoms. The fourth-order valence-electron chi connectivity index (χ4n) is 3.06. The number of carbonyl (C=O) groups is 1. The van der Waals surface area contributed by atoms with Crippen LogP contribution >= 0.6 is 0 Å². The lowest BCUT2D eigenvalue weighted by molar-refractivity contribution is 0.0697. The summed E-state index contributed by atoms with van der Waals surface area (Å²) >= 11 is 0. The molecule has 0 radical (unpaired) electrons. The predicted octanol–water partition coefficient (Wildman–Crippen LogP) is 2.60. The fourth-order valence-corrected chi connectivity index (χ4v) is 3.06. The molecular formula is C19H19N3O3. The van der Waals surface area contributed by atoms with Gasteiger partial charge in [-0.15, -0.1) is 0 Å². The Labute approximate surface area is 145 Å². The normalized spacial score (nSPS) is 15.6. The second kappa shape index (κ2) is 6.47. The molecule has 128 valence electrons. The van der Waals surface area contributed by atoms with E-state index in [2.05, 4.69) is 11.2 Å². The molecule has 3 aromatic rings. The van der Waals surface area contributed by atoms with E-state index in [1.807, 2.05) is 36.5 Å². The SMILES string of the molecule is CN(C[C@H]1Cc2ccccc2O1)C(=O)c1ccc(Cn2cccn2)o1. The minimum Gasteiger partial charge on any atom is -0.488 e. The van der Waals surface area contributed by atoms with Crippen molar-refractivity contribution in [2.75, 3.05) is 13.6 Å². The van der Waals surface area contributed by atoms with Gasteiger partial charge < -0.3 is 14.1 Å². The van der Waals surface area contributed by atoms with Gasteiger partial charge >= 0.3 is 0 Å². The van der Waals surface area contributed by atoms with Crippen LogP contribution in [-0.4, -0.2) is 40.3 Å². The Kier molecular flexibility index (Phi) is 4.01. The van der Waals surface area contributed by atoms with Gasteiger partial charge in [-0.25, -0.2) is 0 Å².